The summed E-state index contributed by atoms with van der Waals surface area (Å²) in [6.07, 6.45) is 7.97. The van der Waals surface area contributed by atoms with E-state index >= 15 is 0 Å². The van der Waals surface area contributed by atoms with Gasteiger partial charge in [-0.2, -0.15) is 0 Å². The minimum atomic E-state index is -0.379. The Kier molecular flexibility index (Phi) is 6.60. The van der Waals surface area contributed by atoms with Crippen LogP contribution in [0, 0.1) is 0 Å². The van der Waals surface area contributed by atoms with Crippen LogP contribution < -0.4 is 5.32 Å². The van der Waals surface area contributed by atoms with E-state index in [-0.39, 0.29) is 11.9 Å². The van der Waals surface area contributed by atoms with Crippen LogP contribution in [0.25, 0.3) is 0 Å². The number of hydrogen-bond acceptors (Lipinski definition) is 3. The number of esters is 1. The summed E-state index contributed by atoms with van der Waals surface area (Å²) in [5.41, 5.74) is 2.39. The zero-order valence-electron chi connectivity index (χ0n) is 13.5. The summed E-state index contributed by atoms with van der Waals surface area (Å²) in [7, 11) is 1.35. The van der Waals surface area contributed by atoms with Crippen molar-refractivity contribution >= 4 is 11.9 Å². The first kappa shape index (κ1) is 17.0. The number of carbonyl (C=O) groups excluding carboxylic acids is 2. The lowest BCUT2D eigenvalue weighted by Gasteiger charge is -2.06. The summed E-state index contributed by atoms with van der Waals surface area (Å²) in [5.74, 6) is -0.519. The average molecular weight is 313 g/mol. The minimum Gasteiger partial charge on any atom is -0.466 e. The zero-order valence-corrected chi connectivity index (χ0v) is 13.5. The van der Waals surface area contributed by atoms with E-state index in [4.69, 9.17) is 4.74 Å². The summed E-state index contributed by atoms with van der Waals surface area (Å²) in [6.45, 7) is 0.572. The molecule has 0 saturated heterocycles. The molecule has 0 saturated carbocycles. The van der Waals surface area contributed by atoms with Crippen molar-refractivity contribution in [3.8, 4) is 0 Å². The first-order valence-corrected chi connectivity index (χ1v) is 8.00. The molecule has 4 nitrogen and oxygen atoms in total. The molecule has 2 rings (SSSR count). The van der Waals surface area contributed by atoms with Crippen LogP contribution in [0.2, 0.25) is 0 Å². The fourth-order valence-corrected chi connectivity index (χ4v) is 2.67. The lowest BCUT2D eigenvalue weighted by molar-refractivity contribution is -0.136. The largest absolute Gasteiger partial charge is 0.466 e. The van der Waals surface area contributed by atoms with Crippen LogP contribution in [0.15, 0.2) is 53.6 Å². The lowest BCUT2D eigenvalue weighted by Crippen LogP contribution is -2.26. The van der Waals surface area contributed by atoms with Gasteiger partial charge in [0.2, 0.25) is 5.91 Å². The van der Waals surface area contributed by atoms with E-state index in [2.05, 4.69) is 29.6 Å². The molecule has 1 N–H and O–H groups in total. The Morgan fingerprint density at radius 3 is 2.61 bits per heavy atom. The van der Waals surface area contributed by atoms with Crippen LogP contribution in [0.1, 0.15) is 31.2 Å². The molecule has 0 fully saturated rings. The van der Waals surface area contributed by atoms with Gasteiger partial charge in [0.25, 0.3) is 0 Å². The number of benzene rings is 1. The number of ether oxygens (including phenoxy) is 1. The van der Waals surface area contributed by atoms with Gasteiger partial charge in [0, 0.05) is 17.7 Å². The molecule has 0 unspecified atom stereocenters. The molecule has 1 aromatic carbocycles. The van der Waals surface area contributed by atoms with Crippen molar-refractivity contribution in [2.45, 2.75) is 32.1 Å². The molecule has 1 aromatic rings. The van der Waals surface area contributed by atoms with E-state index in [9.17, 15) is 9.59 Å². The molecular formula is C19H23NO3. The Bertz CT molecular complexity index is 602. The van der Waals surface area contributed by atoms with E-state index in [1.165, 1.54) is 12.7 Å². The standard InChI is InChI=1S/C19H23NO3/c1-23-19(22)17-13-8-12-16(17)18(21)20-14-7-3-6-11-15-9-4-2-5-10-15/h2-6,9-10H,7-8,11-14H2,1H3,(H,20,21). The minimum absolute atomic E-state index is 0.139. The van der Waals surface area contributed by atoms with E-state index in [0.29, 0.717) is 30.5 Å². The van der Waals surface area contributed by atoms with Crippen molar-refractivity contribution in [2.24, 2.45) is 0 Å². The Hall–Kier alpha value is -2.36. The summed E-state index contributed by atoms with van der Waals surface area (Å²) in [4.78, 5) is 23.7. The maximum atomic E-state index is 12.1. The number of rotatable bonds is 7. The van der Waals surface area contributed by atoms with Crippen molar-refractivity contribution in [1.82, 2.24) is 5.32 Å². The van der Waals surface area contributed by atoms with Gasteiger partial charge < -0.3 is 10.1 Å². The molecule has 1 aliphatic rings. The van der Waals surface area contributed by atoms with Gasteiger partial charge in [-0.1, -0.05) is 42.5 Å². The Balaban J connectivity index is 1.73. The van der Waals surface area contributed by atoms with E-state index < -0.39 is 0 Å². The van der Waals surface area contributed by atoms with Crippen LogP contribution in [0.3, 0.4) is 0 Å². The van der Waals surface area contributed by atoms with Crippen molar-refractivity contribution in [2.75, 3.05) is 13.7 Å². The second kappa shape index (κ2) is 8.93. The highest BCUT2D eigenvalue weighted by Crippen LogP contribution is 2.26. The third-order valence-electron chi connectivity index (χ3n) is 3.88. The zero-order chi connectivity index (χ0) is 16.5. The third-order valence-corrected chi connectivity index (χ3v) is 3.88. The SMILES string of the molecule is COC(=O)C1=C(C(=O)NCCC=CCc2ccccc2)CCC1. The quantitative estimate of drug-likeness (QED) is 0.478. The predicted octanol–water partition coefficient (Wildman–Crippen LogP) is 2.95. The molecule has 0 bridgehead atoms. The molecule has 0 aromatic heterocycles. The molecule has 0 aliphatic heterocycles. The van der Waals surface area contributed by atoms with Gasteiger partial charge >= 0.3 is 5.97 Å². The van der Waals surface area contributed by atoms with Crippen LogP contribution in [0.5, 0.6) is 0 Å². The normalized spacial score (nSPS) is 14.3. The van der Waals surface area contributed by atoms with Crippen molar-refractivity contribution in [1.29, 1.82) is 0 Å². The summed E-state index contributed by atoms with van der Waals surface area (Å²) < 4.78 is 4.73. The topological polar surface area (TPSA) is 55.4 Å². The molecule has 0 spiro atoms. The smallest absolute Gasteiger partial charge is 0.334 e. The first-order valence-electron chi connectivity index (χ1n) is 8.00. The number of carbonyl (C=O) groups is 2. The first-order chi connectivity index (χ1) is 11.2. The highest BCUT2D eigenvalue weighted by atomic mass is 16.5. The van der Waals surface area contributed by atoms with Gasteiger partial charge in [-0.05, 0) is 37.7 Å². The van der Waals surface area contributed by atoms with Gasteiger partial charge in [0.05, 0.1) is 7.11 Å². The molecule has 0 radical (unpaired) electrons. The third kappa shape index (κ3) is 5.09. The predicted molar refractivity (Wildman–Crippen MR) is 89.8 cm³/mol. The van der Waals surface area contributed by atoms with Crippen LogP contribution in [-0.4, -0.2) is 25.5 Å². The second-order valence-corrected chi connectivity index (χ2v) is 5.51. The van der Waals surface area contributed by atoms with E-state index in [1.54, 1.807) is 0 Å². The van der Waals surface area contributed by atoms with Crippen molar-refractivity contribution in [3.63, 3.8) is 0 Å². The summed E-state index contributed by atoms with van der Waals surface area (Å²) >= 11 is 0. The second-order valence-electron chi connectivity index (χ2n) is 5.51. The van der Waals surface area contributed by atoms with Crippen LogP contribution in [0.4, 0.5) is 0 Å². The van der Waals surface area contributed by atoms with Crippen molar-refractivity contribution < 1.29 is 14.3 Å². The summed E-state index contributed by atoms with van der Waals surface area (Å²) in [5, 5.41) is 2.88. The molecule has 0 heterocycles. The monoisotopic (exact) mass is 313 g/mol. The number of allylic oxidation sites excluding steroid dienone is 1. The molecule has 1 aliphatic carbocycles. The number of amides is 1. The van der Waals surface area contributed by atoms with Crippen molar-refractivity contribution in [3.05, 3.63) is 59.2 Å². The van der Waals surface area contributed by atoms with Gasteiger partial charge in [0.15, 0.2) is 0 Å². The van der Waals surface area contributed by atoms with Crippen LogP contribution in [-0.2, 0) is 20.7 Å². The molecule has 4 heteroatoms. The number of methoxy groups -OCH3 is 1. The average Bonchev–Trinajstić information content (AvgIpc) is 3.07. The Morgan fingerprint density at radius 2 is 1.87 bits per heavy atom. The lowest BCUT2D eigenvalue weighted by atomic mass is 10.1. The Labute approximate surface area is 137 Å². The number of hydrogen-bond donors (Lipinski definition) is 1. The maximum Gasteiger partial charge on any atom is 0.334 e. The number of nitrogens with one attached hydrogen (secondary N) is 1. The fraction of sp³-hybridized carbons (Fsp3) is 0.368. The van der Waals surface area contributed by atoms with Gasteiger partial charge in [-0.15, -0.1) is 0 Å². The highest BCUT2D eigenvalue weighted by Gasteiger charge is 2.25. The highest BCUT2D eigenvalue weighted by molar-refractivity contribution is 6.03. The Morgan fingerprint density at radius 1 is 1.13 bits per heavy atom. The van der Waals surface area contributed by atoms with Crippen LogP contribution >= 0.6 is 0 Å². The maximum absolute atomic E-state index is 12.1. The fourth-order valence-electron chi connectivity index (χ4n) is 2.67. The molecule has 23 heavy (non-hydrogen) atoms. The van der Waals surface area contributed by atoms with Gasteiger partial charge in [-0.3, -0.25) is 4.79 Å². The molecule has 1 amide bonds. The molecular weight excluding hydrogens is 290 g/mol. The van der Waals surface area contributed by atoms with Gasteiger partial charge in [0.1, 0.15) is 0 Å². The molecule has 0 atom stereocenters. The summed E-state index contributed by atoms with van der Waals surface area (Å²) in [6, 6.07) is 10.2. The molecule has 122 valence electrons. The van der Waals surface area contributed by atoms with E-state index in [1.807, 2.05) is 18.2 Å². The van der Waals surface area contributed by atoms with E-state index in [0.717, 1.165) is 19.3 Å². The van der Waals surface area contributed by atoms with Gasteiger partial charge in [-0.25, -0.2) is 4.79 Å².